The number of aryl methyl sites for hydroxylation is 4. The fraction of sp³-hybridized carbons (Fsp3) is 0.160. The van der Waals surface area contributed by atoms with Crippen LogP contribution in [0.4, 0.5) is 11.4 Å². The summed E-state index contributed by atoms with van der Waals surface area (Å²) in [5.74, 6) is 0. The quantitative estimate of drug-likeness (QED) is 0.144. The molecule has 14 aromatic carbocycles. The van der Waals surface area contributed by atoms with E-state index in [9.17, 15) is 0 Å². The average Bonchev–Trinajstić information content (AvgIpc) is 1.59. The van der Waals surface area contributed by atoms with E-state index < -0.39 is 0 Å². The minimum absolute atomic E-state index is 0.0317. The van der Waals surface area contributed by atoms with Crippen LogP contribution in [-0.2, 0) is 21.7 Å². The van der Waals surface area contributed by atoms with Crippen LogP contribution in [0.2, 0.25) is 0 Å². The summed E-state index contributed by atoms with van der Waals surface area (Å²) in [6, 6.07) is 106. The van der Waals surface area contributed by atoms with Gasteiger partial charge >= 0.3 is 0 Å². The zero-order valence-electron chi connectivity index (χ0n) is 60.1. The molecular formula is C100H83N. The first-order valence-electron chi connectivity index (χ1n) is 36.2. The van der Waals surface area contributed by atoms with Crippen molar-refractivity contribution in [3.05, 3.63) is 346 Å². The van der Waals surface area contributed by atoms with Gasteiger partial charge in [0.15, 0.2) is 0 Å². The second kappa shape index (κ2) is 22.7. The van der Waals surface area contributed by atoms with Crippen LogP contribution in [0.5, 0.6) is 0 Å². The van der Waals surface area contributed by atoms with Crippen LogP contribution < -0.4 is 5.32 Å². The maximum absolute atomic E-state index is 3.66. The number of rotatable bonds is 10. The van der Waals surface area contributed by atoms with Gasteiger partial charge in [-0.15, -0.1) is 0 Å². The maximum Gasteiger partial charge on any atom is 0.0384 e. The summed E-state index contributed by atoms with van der Waals surface area (Å²) in [6.07, 6.45) is 0. The highest BCUT2D eigenvalue weighted by molar-refractivity contribution is 5.92. The SMILES string of the molecule is Cc1cc(-c2ccc3c(c2)C(C)(C)c2cc(-c4ccc5c(c4)C(C)(C)c4ccccc4-5)ccc2-3)cc(C)c1-c1ccc(-c2ccc(Nc3ccc(-c4ccc(-c5c(C)cc(-c6ccc7c(c6)C(C)(C)c6cc(-c8ccc9c(c8)C(C)(C)c8ccccc8-9)ccc6-7)cc5C)cc4)cc3)cc2)cc1. The monoisotopic (exact) mass is 1300 g/mol. The van der Waals surface area contributed by atoms with Crippen molar-refractivity contribution in [3.8, 4) is 134 Å². The summed E-state index contributed by atoms with van der Waals surface area (Å²) < 4.78 is 0. The lowest BCUT2D eigenvalue weighted by Crippen LogP contribution is -2.15. The number of nitrogens with one attached hydrogen (secondary N) is 1. The van der Waals surface area contributed by atoms with Crippen LogP contribution in [0.15, 0.2) is 279 Å². The van der Waals surface area contributed by atoms with Gasteiger partial charge in [0.2, 0.25) is 0 Å². The molecule has 0 radical (unpaired) electrons. The minimum atomic E-state index is -0.143. The highest BCUT2D eigenvalue weighted by Gasteiger charge is 2.40. The number of hydrogen-bond donors (Lipinski definition) is 1. The maximum atomic E-state index is 3.66. The molecule has 0 aromatic heterocycles. The third-order valence-corrected chi connectivity index (χ3v) is 24.0. The Labute approximate surface area is 597 Å². The van der Waals surface area contributed by atoms with Crippen LogP contribution in [-0.4, -0.2) is 0 Å². The van der Waals surface area contributed by atoms with Gasteiger partial charge in [-0.3, -0.25) is 0 Å². The first kappa shape index (κ1) is 62.2. The van der Waals surface area contributed by atoms with Crippen molar-refractivity contribution < 1.29 is 0 Å². The molecule has 0 spiro atoms. The number of benzene rings is 14. The van der Waals surface area contributed by atoms with Gasteiger partial charge in [0.25, 0.3) is 0 Å². The van der Waals surface area contributed by atoms with Gasteiger partial charge < -0.3 is 5.32 Å². The molecular weight excluding hydrogens is 1220 g/mol. The normalized spacial score (nSPS) is 14.7. The van der Waals surface area contributed by atoms with E-state index in [0.29, 0.717) is 0 Å². The topological polar surface area (TPSA) is 12.0 Å². The Morgan fingerprint density at radius 1 is 0.178 bits per heavy atom. The third-order valence-electron chi connectivity index (χ3n) is 24.0. The Hall–Kier alpha value is -11.1. The van der Waals surface area contributed by atoms with E-state index in [-0.39, 0.29) is 21.7 Å². The van der Waals surface area contributed by atoms with Crippen LogP contribution in [0.25, 0.3) is 134 Å². The molecule has 4 aliphatic carbocycles. The number of fused-ring (bicyclic) bond motifs is 12. The van der Waals surface area contributed by atoms with Crippen molar-refractivity contribution in [2.45, 2.75) is 105 Å². The lowest BCUT2D eigenvalue weighted by Gasteiger charge is -2.23. The fourth-order valence-electron chi connectivity index (χ4n) is 18.4. The van der Waals surface area contributed by atoms with Crippen molar-refractivity contribution in [1.82, 2.24) is 0 Å². The van der Waals surface area contributed by atoms with Crippen molar-refractivity contribution in [3.63, 3.8) is 0 Å². The Kier molecular flexibility index (Phi) is 14.0. The molecule has 0 atom stereocenters. The predicted molar refractivity (Wildman–Crippen MR) is 429 cm³/mol. The zero-order chi connectivity index (χ0) is 69.2. The van der Waals surface area contributed by atoms with Gasteiger partial charge in [0.05, 0.1) is 0 Å². The molecule has 0 bridgehead atoms. The lowest BCUT2D eigenvalue weighted by atomic mass is 9.80. The van der Waals surface area contributed by atoms with Gasteiger partial charge in [-0.05, 0) is 289 Å². The fourth-order valence-corrected chi connectivity index (χ4v) is 18.4. The second-order valence-corrected chi connectivity index (χ2v) is 31.6. The Balaban J connectivity index is 0.512. The third kappa shape index (κ3) is 9.86. The summed E-state index contributed by atoms with van der Waals surface area (Å²) in [5.41, 5.74) is 49.0. The van der Waals surface area contributed by atoms with E-state index >= 15 is 0 Å². The summed E-state index contributed by atoms with van der Waals surface area (Å²) in [5, 5.41) is 3.66. The molecule has 101 heavy (non-hydrogen) atoms. The Morgan fingerprint density at radius 3 is 0.644 bits per heavy atom. The molecule has 0 fully saturated rings. The second-order valence-electron chi connectivity index (χ2n) is 31.6. The van der Waals surface area contributed by atoms with Gasteiger partial charge in [-0.25, -0.2) is 0 Å². The van der Waals surface area contributed by atoms with Crippen molar-refractivity contribution >= 4 is 11.4 Å². The molecule has 1 N–H and O–H groups in total. The molecule has 0 unspecified atom stereocenters. The molecule has 14 aromatic rings. The number of anilines is 2. The number of hydrogen-bond acceptors (Lipinski definition) is 1. The smallest absolute Gasteiger partial charge is 0.0384 e. The van der Waals surface area contributed by atoms with Gasteiger partial charge in [0, 0.05) is 33.0 Å². The summed E-state index contributed by atoms with van der Waals surface area (Å²) in [4.78, 5) is 0. The van der Waals surface area contributed by atoms with E-state index in [1.54, 1.807) is 0 Å². The van der Waals surface area contributed by atoms with E-state index in [1.807, 2.05) is 0 Å². The van der Waals surface area contributed by atoms with Gasteiger partial charge in [-0.2, -0.15) is 0 Å². The van der Waals surface area contributed by atoms with Gasteiger partial charge in [-0.1, -0.05) is 274 Å². The van der Waals surface area contributed by atoms with Crippen molar-refractivity contribution in [2.75, 3.05) is 5.32 Å². The first-order chi connectivity index (χ1) is 48.7. The van der Waals surface area contributed by atoms with Crippen LogP contribution in [0.3, 0.4) is 0 Å². The van der Waals surface area contributed by atoms with Gasteiger partial charge in [0.1, 0.15) is 0 Å². The molecule has 0 heterocycles. The summed E-state index contributed by atoms with van der Waals surface area (Å²) in [7, 11) is 0. The summed E-state index contributed by atoms with van der Waals surface area (Å²) >= 11 is 0. The van der Waals surface area contributed by atoms with E-state index in [0.717, 1.165) is 11.4 Å². The molecule has 0 aliphatic heterocycles. The first-order valence-corrected chi connectivity index (χ1v) is 36.2. The molecule has 1 heteroatoms. The highest BCUT2D eigenvalue weighted by Crippen LogP contribution is 2.56. The Bertz CT molecular complexity index is 5380. The van der Waals surface area contributed by atoms with Crippen LogP contribution >= 0.6 is 0 Å². The molecule has 0 saturated heterocycles. The molecule has 0 amide bonds. The molecule has 18 rings (SSSR count). The van der Waals surface area contributed by atoms with Crippen LogP contribution in [0, 0.1) is 27.7 Å². The Morgan fingerprint density at radius 2 is 0.376 bits per heavy atom. The highest BCUT2D eigenvalue weighted by atomic mass is 14.9. The molecule has 1 nitrogen and oxygen atoms in total. The van der Waals surface area contributed by atoms with Crippen molar-refractivity contribution in [2.24, 2.45) is 0 Å². The van der Waals surface area contributed by atoms with Crippen molar-refractivity contribution in [1.29, 1.82) is 0 Å². The van der Waals surface area contributed by atoms with E-state index in [2.05, 4.69) is 367 Å². The average molecular weight is 1300 g/mol. The van der Waals surface area contributed by atoms with Crippen LogP contribution in [0.1, 0.15) is 122 Å². The lowest BCUT2D eigenvalue weighted by molar-refractivity contribution is 0.659. The standard InChI is InChI=1S/C100H83N/c1-59-49-75(73-37-47-85-83-45-35-71(55-91(83)99(9,10)93(85)57-73)69-33-43-81-79-17-13-15-19-87(79)97(5,6)89(81)53-69)50-60(2)95(59)67-25-21-63(22-26-67)65-29-39-77(40-30-65)101-78-41-31-66(32-42-78)64-23-27-68(28-24-64)96-61(3)51-76(52-62(96)4)74-38-48-86-84-46-36-72(56-92(84)100(11,12)94(86)58-74)70-34-44-82-80-18-14-16-20-88(80)98(7,8)90(82)54-70/h13-58,101H,1-12H3. The van der Waals surface area contributed by atoms with E-state index in [1.165, 1.54) is 200 Å². The largest absolute Gasteiger partial charge is 0.356 e. The zero-order valence-corrected chi connectivity index (χ0v) is 60.1. The minimum Gasteiger partial charge on any atom is -0.356 e. The molecule has 488 valence electrons. The van der Waals surface area contributed by atoms with E-state index in [4.69, 9.17) is 0 Å². The molecule has 0 saturated carbocycles. The predicted octanol–water partition coefficient (Wildman–Crippen LogP) is 27.2. The summed E-state index contributed by atoms with van der Waals surface area (Å²) in [6.45, 7) is 28.2. The molecule has 4 aliphatic rings.